The van der Waals surface area contributed by atoms with Gasteiger partial charge in [-0.05, 0) is 0 Å². The van der Waals surface area contributed by atoms with Gasteiger partial charge in [-0.2, -0.15) is 0 Å². The van der Waals surface area contributed by atoms with Gasteiger partial charge in [0.25, 0.3) is 9.84 Å². The monoisotopic (exact) mass is 236 g/mol. The van der Waals surface area contributed by atoms with E-state index in [2.05, 4.69) is 9.98 Å². The van der Waals surface area contributed by atoms with E-state index in [9.17, 15) is 8.42 Å². The molecule has 0 amide bonds. The fourth-order valence-corrected chi connectivity index (χ4v) is 5.16. The van der Waals surface area contributed by atoms with Gasteiger partial charge >= 0.3 is 0 Å². The molecular weight excluding hydrogens is 228 g/mol. The number of hydrogen-bond acceptors (Lipinski definition) is 6. The zero-order valence-corrected chi connectivity index (χ0v) is 9.21. The molecule has 0 saturated heterocycles. The van der Waals surface area contributed by atoms with Gasteiger partial charge in [-0.3, -0.25) is 9.98 Å². The predicted molar refractivity (Wildman–Crippen MR) is 58.4 cm³/mol. The lowest BCUT2D eigenvalue weighted by Crippen LogP contribution is -2.17. The van der Waals surface area contributed by atoms with Crippen molar-refractivity contribution in [2.24, 2.45) is 9.98 Å². The minimum absolute atomic E-state index is 0.251. The fourth-order valence-electron chi connectivity index (χ4n) is 1.03. The molecule has 2 heterocycles. The van der Waals surface area contributed by atoms with Crippen molar-refractivity contribution in [1.82, 2.24) is 0 Å². The van der Waals surface area contributed by atoms with Crippen molar-refractivity contribution in [3.05, 3.63) is 0 Å². The van der Waals surface area contributed by atoms with Gasteiger partial charge in [0, 0.05) is 11.5 Å². The van der Waals surface area contributed by atoms with Crippen LogP contribution in [0.15, 0.2) is 9.98 Å². The van der Waals surface area contributed by atoms with Crippen LogP contribution >= 0.6 is 23.5 Å². The quantitative estimate of drug-likeness (QED) is 0.618. The normalized spacial score (nSPS) is 23.1. The van der Waals surface area contributed by atoms with Crippen LogP contribution in [0.2, 0.25) is 0 Å². The number of rotatable bonds is 0. The van der Waals surface area contributed by atoms with Gasteiger partial charge in [0.15, 0.2) is 8.75 Å². The first kappa shape index (κ1) is 9.54. The highest BCUT2D eigenvalue weighted by molar-refractivity contribution is 8.50. The average molecular weight is 236 g/mol. The maximum absolute atomic E-state index is 11.7. The number of thioether (sulfide) groups is 2. The third kappa shape index (κ3) is 1.77. The number of nitrogens with zero attached hydrogens (tertiary/aromatic N) is 2. The van der Waals surface area contributed by atoms with Crippen molar-refractivity contribution in [2.45, 2.75) is 0 Å². The first-order chi connectivity index (χ1) is 6.21. The summed E-state index contributed by atoms with van der Waals surface area (Å²) < 4.78 is 24.0. The first-order valence-electron chi connectivity index (χ1n) is 3.81. The molecule has 0 aromatic rings. The van der Waals surface area contributed by atoms with Gasteiger partial charge in [-0.15, -0.1) is 0 Å². The van der Waals surface area contributed by atoms with Gasteiger partial charge in [-0.1, -0.05) is 23.5 Å². The molecule has 0 unspecified atom stereocenters. The van der Waals surface area contributed by atoms with Gasteiger partial charge < -0.3 is 0 Å². The highest BCUT2D eigenvalue weighted by Gasteiger charge is 2.31. The number of aliphatic imine (C=N–C) groups is 2. The molecule has 7 heteroatoms. The highest BCUT2D eigenvalue weighted by atomic mass is 32.3. The first-order valence-corrected chi connectivity index (χ1v) is 7.26. The van der Waals surface area contributed by atoms with E-state index < -0.39 is 9.84 Å². The Kier molecular flexibility index (Phi) is 2.66. The Labute approximate surface area is 85.2 Å². The third-order valence-electron chi connectivity index (χ3n) is 1.58. The van der Waals surface area contributed by atoms with E-state index in [1.54, 1.807) is 0 Å². The second kappa shape index (κ2) is 3.62. The minimum Gasteiger partial charge on any atom is -0.266 e. The Hall–Kier alpha value is -0.0100. The Morgan fingerprint density at radius 3 is 1.77 bits per heavy atom. The summed E-state index contributed by atoms with van der Waals surface area (Å²) in [4.78, 5) is 7.90. The summed E-state index contributed by atoms with van der Waals surface area (Å²) >= 11 is 2.61. The molecule has 0 aromatic carbocycles. The summed E-state index contributed by atoms with van der Waals surface area (Å²) in [5, 5.41) is 0. The van der Waals surface area contributed by atoms with Crippen LogP contribution in [0.5, 0.6) is 0 Å². The van der Waals surface area contributed by atoms with E-state index in [-0.39, 0.29) is 8.75 Å². The lowest BCUT2D eigenvalue weighted by molar-refractivity contribution is 0.618. The highest BCUT2D eigenvalue weighted by Crippen LogP contribution is 2.24. The summed E-state index contributed by atoms with van der Waals surface area (Å²) in [5.41, 5.74) is 0. The SMILES string of the molecule is O=S(=O)(C1=NCCS1)C1=NCCS1. The minimum atomic E-state index is -3.31. The molecule has 0 saturated carbocycles. The lowest BCUT2D eigenvalue weighted by atomic mass is 10.8. The Morgan fingerprint density at radius 1 is 1.00 bits per heavy atom. The predicted octanol–water partition coefficient (Wildman–Crippen LogP) is 0.607. The molecule has 2 rings (SSSR count). The lowest BCUT2D eigenvalue weighted by Gasteiger charge is -2.00. The van der Waals surface area contributed by atoms with Crippen LogP contribution in [-0.4, -0.2) is 41.8 Å². The van der Waals surface area contributed by atoms with Crippen LogP contribution in [0, 0.1) is 0 Å². The second-order valence-electron chi connectivity index (χ2n) is 2.50. The summed E-state index contributed by atoms with van der Waals surface area (Å²) in [7, 11) is -3.31. The Morgan fingerprint density at radius 2 is 1.46 bits per heavy atom. The van der Waals surface area contributed by atoms with Crippen molar-refractivity contribution in [1.29, 1.82) is 0 Å². The molecule has 13 heavy (non-hydrogen) atoms. The molecule has 2 aliphatic rings. The summed E-state index contributed by atoms with van der Waals surface area (Å²) in [5.74, 6) is 1.54. The number of sulfone groups is 1. The van der Waals surface area contributed by atoms with Gasteiger partial charge in [0.05, 0.1) is 13.1 Å². The van der Waals surface area contributed by atoms with E-state index in [1.807, 2.05) is 0 Å². The maximum Gasteiger partial charge on any atom is 0.252 e. The Balaban J connectivity index is 2.29. The molecule has 0 aliphatic carbocycles. The van der Waals surface area contributed by atoms with Crippen molar-refractivity contribution in [3.63, 3.8) is 0 Å². The van der Waals surface area contributed by atoms with E-state index >= 15 is 0 Å². The molecule has 2 aliphatic heterocycles. The summed E-state index contributed by atoms with van der Waals surface area (Å²) in [6.45, 7) is 1.22. The zero-order valence-electron chi connectivity index (χ0n) is 6.76. The van der Waals surface area contributed by atoms with Crippen LogP contribution in [0.4, 0.5) is 0 Å². The third-order valence-corrected chi connectivity index (χ3v) is 6.30. The molecule has 0 radical (unpaired) electrons. The van der Waals surface area contributed by atoms with E-state index in [1.165, 1.54) is 23.5 Å². The molecule has 0 aromatic heterocycles. The summed E-state index contributed by atoms with van der Waals surface area (Å²) in [6.07, 6.45) is 0. The fraction of sp³-hybridized carbons (Fsp3) is 0.667. The average Bonchev–Trinajstić information content (AvgIpc) is 2.78. The smallest absolute Gasteiger partial charge is 0.252 e. The molecule has 0 atom stereocenters. The largest absolute Gasteiger partial charge is 0.266 e. The topological polar surface area (TPSA) is 58.9 Å². The van der Waals surface area contributed by atoms with Crippen LogP contribution in [-0.2, 0) is 9.84 Å². The zero-order chi connectivity index (χ0) is 9.31. The van der Waals surface area contributed by atoms with Crippen molar-refractivity contribution in [2.75, 3.05) is 24.6 Å². The van der Waals surface area contributed by atoms with Crippen LogP contribution < -0.4 is 0 Å². The summed E-state index contributed by atoms with van der Waals surface area (Å²) in [6, 6.07) is 0. The molecule has 0 spiro atoms. The molecule has 72 valence electrons. The second-order valence-corrected chi connectivity index (χ2v) is 6.96. The van der Waals surface area contributed by atoms with Gasteiger partial charge in [0.1, 0.15) is 0 Å². The molecule has 4 nitrogen and oxygen atoms in total. The van der Waals surface area contributed by atoms with E-state index in [0.717, 1.165) is 11.5 Å². The van der Waals surface area contributed by atoms with Crippen LogP contribution in [0.1, 0.15) is 0 Å². The molecule has 0 fully saturated rings. The van der Waals surface area contributed by atoms with Crippen molar-refractivity contribution < 1.29 is 8.42 Å². The van der Waals surface area contributed by atoms with Crippen molar-refractivity contribution in [3.8, 4) is 0 Å². The maximum atomic E-state index is 11.7. The van der Waals surface area contributed by atoms with Gasteiger partial charge in [0.2, 0.25) is 0 Å². The standard InChI is InChI=1S/C6H8N2O2S3/c9-13(10,5-7-1-3-11-5)6-8-2-4-12-6/h1-4H2. The van der Waals surface area contributed by atoms with E-state index in [4.69, 9.17) is 0 Å². The van der Waals surface area contributed by atoms with Gasteiger partial charge in [-0.25, -0.2) is 8.42 Å². The van der Waals surface area contributed by atoms with Crippen LogP contribution in [0.3, 0.4) is 0 Å². The van der Waals surface area contributed by atoms with E-state index in [0.29, 0.717) is 13.1 Å². The van der Waals surface area contributed by atoms with Crippen LogP contribution in [0.25, 0.3) is 0 Å². The molecule has 0 bridgehead atoms. The Bertz CT molecular complexity index is 341. The van der Waals surface area contributed by atoms with Crippen molar-refractivity contribution >= 4 is 42.1 Å². The molecular formula is C6H8N2O2S3. The molecule has 0 N–H and O–H groups in total. The number of hydrogen-bond donors (Lipinski definition) is 0.